The predicted octanol–water partition coefficient (Wildman–Crippen LogP) is 14.8. The minimum atomic E-state index is -0.787. The average Bonchev–Trinajstić information content (AvgIpc) is 3.54. The minimum absolute atomic E-state index is 0.0714. The number of hydrogen-bond donors (Lipinski definition) is 0. The molecule has 0 aliphatic heterocycles. The number of nitrogens with zero attached hydrogens (tertiary/aromatic N) is 2. The molecule has 0 fully saturated rings. The van der Waals surface area contributed by atoms with Crippen molar-refractivity contribution in [2.45, 2.75) is 119 Å². The zero-order valence-corrected chi connectivity index (χ0v) is 35.9. The Hall–Kier alpha value is -2.88. The third-order valence-corrected chi connectivity index (χ3v) is 14.5. The smallest absolute Gasteiger partial charge is 0.172 e. The van der Waals surface area contributed by atoms with Crippen molar-refractivity contribution in [3.05, 3.63) is 119 Å². The molecule has 0 N–H and O–H groups in total. The quantitative estimate of drug-likeness (QED) is 0.124. The molecule has 0 saturated heterocycles. The van der Waals surface area contributed by atoms with Gasteiger partial charge in [-0.2, -0.15) is 0 Å². The lowest BCUT2D eigenvalue weighted by Gasteiger charge is -2.26. The highest BCUT2D eigenvalue weighted by Crippen LogP contribution is 2.53. The van der Waals surface area contributed by atoms with Gasteiger partial charge in [0.25, 0.3) is 0 Å². The number of rotatable bonds is 4. The zero-order chi connectivity index (χ0) is 36.7. The van der Waals surface area contributed by atoms with Crippen LogP contribution in [0, 0.1) is 13.8 Å². The molecule has 0 amide bonds. The van der Waals surface area contributed by atoms with Crippen LogP contribution in [0.25, 0.3) is 44.1 Å². The summed E-state index contributed by atoms with van der Waals surface area (Å²) < 4.78 is 5.07. The SMILES string of the molecule is Cc1cn(P(I)n2cc(C)c3ccc(-c4cc(C(C)(C)C)cc(C(C)(C)C)c4)cc32)c2cc(-c3cc(C(C)(C)C)cc(C(C)(C)C)c3)ccc12. The van der Waals surface area contributed by atoms with Crippen molar-refractivity contribution in [1.29, 1.82) is 0 Å². The largest absolute Gasteiger partial charge is 0.300 e. The summed E-state index contributed by atoms with van der Waals surface area (Å²) >= 11 is 2.70. The van der Waals surface area contributed by atoms with Crippen molar-refractivity contribution in [1.82, 2.24) is 8.68 Å². The van der Waals surface area contributed by atoms with Crippen molar-refractivity contribution in [2.24, 2.45) is 0 Å². The molecule has 2 aromatic heterocycles. The molecule has 0 aliphatic carbocycles. The lowest BCUT2D eigenvalue weighted by molar-refractivity contribution is 0.568. The highest BCUT2D eigenvalue weighted by Gasteiger charge is 2.24. The Balaban J connectivity index is 1.49. The van der Waals surface area contributed by atoms with Crippen LogP contribution in [0.4, 0.5) is 0 Å². The van der Waals surface area contributed by atoms with Crippen LogP contribution in [0.15, 0.2) is 85.2 Å². The van der Waals surface area contributed by atoms with E-state index in [0.29, 0.717) is 0 Å². The Kier molecular flexibility index (Phi) is 9.34. The molecule has 0 aliphatic rings. The Morgan fingerprint density at radius 1 is 0.420 bits per heavy atom. The van der Waals surface area contributed by atoms with Crippen LogP contribution < -0.4 is 0 Å². The molecular formula is C46H56IN2P. The Labute approximate surface area is 316 Å². The Morgan fingerprint density at radius 3 is 1.00 bits per heavy atom. The maximum Gasteiger partial charge on any atom is 0.172 e. The number of aryl methyl sites for hydroxylation is 2. The Morgan fingerprint density at radius 2 is 0.720 bits per heavy atom. The van der Waals surface area contributed by atoms with Gasteiger partial charge in [0.05, 0.1) is 11.0 Å². The van der Waals surface area contributed by atoms with Crippen LogP contribution in [0.5, 0.6) is 0 Å². The first-order chi connectivity index (χ1) is 23.0. The van der Waals surface area contributed by atoms with Gasteiger partial charge < -0.3 is 8.68 Å². The minimum Gasteiger partial charge on any atom is -0.300 e. The summed E-state index contributed by atoms with van der Waals surface area (Å²) in [6, 6.07) is 28.6. The van der Waals surface area contributed by atoms with Gasteiger partial charge in [0.15, 0.2) is 5.87 Å². The summed E-state index contributed by atoms with van der Waals surface area (Å²) in [6.45, 7) is 32.3. The molecule has 4 heteroatoms. The van der Waals surface area contributed by atoms with Crippen LogP contribution in [0.3, 0.4) is 0 Å². The highest BCUT2D eigenvalue weighted by atomic mass is 127. The van der Waals surface area contributed by atoms with Gasteiger partial charge in [-0.3, -0.25) is 0 Å². The van der Waals surface area contributed by atoms with Gasteiger partial charge in [0.1, 0.15) is 0 Å². The van der Waals surface area contributed by atoms with E-state index in [-0.39, 0.29) is 21.7 Å². The van der Waals surface area contributed by atoms with Crippen LogP contribution in [0.2, 0.25) is 0 Å². The van der Waals surface area contributed by atoms with E-state index in [0.717, 1.165) is 0 Å². The summed E-state index contributed by atoms with van der Waals surface area (Å²) in [6.07, 6.45) is 4.73. The van der Waals surface area contributed by atoms with Gasteiger partial charge in [-0.15, -0.1) is 0 Å². The first-order valence-electron chi connectivity index (χ1n) is 18.1. The molecule has 2 heterocycles. The predicted molar refractivity (Wildman–Crippen MR) is 231 cm³/mol. The topological polar surface area (TPSA) is 9.86 Å². The first kappa shape index (κ1) is 36.9. The van der Waals surface area contributed by atoms with Crippen LogP contribution in [0.1, 0.15) is 116 Å². The second kappa shape index (κ2) is 12.7. The zero-order valence-electron chi connectivity index (χ0n) is 32.8. The standard InChI is InChI=1S/C46H56IN2P/c1-29-27-48(41-23-31(15-17-39(29)41)33-19-35(43(3,4)5)25-36(20-33)44(6,7)8)50(47)49-28-30(2)40-18-16-32(24-42(40)49)34-21-37(45(9,10)11)26-38(22-34)46(12,13)14/h15-28H,1-14H3. The fraction of sp³-hybridized carbons (Fsp3) is 0.391. The normalized spacial score (nSPS) is 13.3. The summed E-state index contributed by atoms with van der Waals surface area (Å²) in [7, 11) is 0. The van der Waals surface area contributed by atoms with Gasteiger partial charge in [0.2, 0.25) is 0 Å². The molecule has 6 aromatic rings. The number of fused-ring (bicyclic) bond motifs is 2. The second-order valence-corrected chi connectivity index (χ2v) is 22.5. The molecule has 0 atom stereocenters. The van der Waals surface area contributed by atoms with Crippen LogP contribution in [-0.4, -0.2) is 8.68 Å². The molecule has 0 radical (unpaired) electrons. The molecule has 0 saturated carbocycles. The number of aromatic nitrogens is 2. The average molecular weight is 795 g/mol. The van der Waals surface area contributed by atoms with Crippen molar-refractivity contribution in [2.75, 3.05) is 0 Å². The molecule has 50 heavy (non-hydrogen) atoms. The third-order valence-electron chi connectivity index (χ3n) is 10.3. The van der Waals surface area contributed by atoms with E-state index in [1.54, 1.807) is 0 Å². The second-order valence-electron chi connectivity index (χ2n) is 18.6. The lowest BCUT2D eigenvalue weighted by atomic mass is 9.79. The van der Waals surface area contributed by atoms with Crippen molar-refractivity contribution >= 4 is 49.7 Å². The fourth-order valence-electron chi connectivity index (χ4n) is 6.81. The lowest BCUT2D eigenvalue weighted by Crippen LogP contribution is -2.16. The summed E-state index contributed by atoms with van der Waals surface area (Å²) in [5.41, 5.74) is 16.2. The van der Waals surface area contributed by atoms with E-state index in [1.165, 1.54) is 77.4 Å². The maximum absolute atomic E-state index is 2.70. The fourth-order valence-corrected chi connectivity index (χ4v) is 10.4. The molecule has 4 aromatic carbocycles. The summed E-state index contributed by atoms with van der Waals surface area (Å²) in [4.78, 5) is 0. The van der Waals surface area contributed by atoms with Gasteiger partial charge >= 0.3 is 0 Å². The van der Waals surface area contributed by atoms with Gasteiger partial charge in [-0.25, -0.2) is 0 Å². The summed E-state index contributed by atoms with van der Waals surface area (Å²) in [5, 5.41) is 2.65. The highest BCUT2D eigenvalue weighted by molar-refractivity contribution is 14.2. The van der Waals surface area contributed by atoms with Crippen molar-refractivity contribution < 1.29 is 0 Å². The molecular weight excluding hydrogens is 738 g/mol. The number of benzene rings is 4. The van der Waals surface area contributed by atoms with E-state index in [1.807, 2.05) is 0 Å². The van der Waals surface area contributed by atoms with E-state index in [2.05, 4.69) is 213 Å². The van der Waals surface area contributed by atoms with Crippen molar-refractivity contribution in [3.63, 3.8) is 0 Å². The first-order valence-corrected chi connectivity index (χ1v) is 22.1. The molecule has 6 rings (SSSR count). The van der Waals surface area contributed by atoms with Gasteiger partial charge in [0, 0.05) is 23.2 Å². The van der Waals surface area contributed by atoms with Crippen LogP contribution in [-0.2, 0) is 21.7 Å². The molecule has 0 spiro atoms. The van der Waals surface area contributed by atoms with E-state index < -0.39 is 5.87 Å². The third kappa shape index (κ3) is 7.11. The monoisotopic (exact) mass is 794 g/mol. The molecule has 262 valence electrons. The van der Waals surface area contributed by atoms with Crippen molar-refractivity contribution in [3.8, 4) is 22.3 Å². The Bertz CT molecular complexity index is 2010. The van der Waals surface area contributed by atoms with E-state index in [4.69, 9.17) is 0 Å². The van der Waals surface area contributed by atoms with E-state index in [9.17, 15) is 0 Å². The molecule has 0 unspecified atom stereocenters. The number of hydrogen-bond acceptors (Lipinski definition) is 0. The summed E-state index contributed by atoms with van der Waals surface area (Å²) in [5.74, 6) is -0.787. The number of halogens is 1. The van der Waals surface area contributed by atoms with Gasteiger partial charge in [-0.05, 0) is 125 Å². The van der Waals surface area contributed by atoms with Gasteiger partial charge in [-0.1, -0.05) is 144 Å². The maximum atomic E-state index is 2.70. The van der Waals surface area contributed by atoms with Crippen LogP contribution >= 0.6 is 27.9 Å². The molecule has 2 nitrogen and oxygen atoms in total. The molecule has 0 bridgehead atoms. The van der Waals surface area contributed by atoms with E-state index >= 15 is 0 Å².